The van der Waals surface area contributed by atoms with Crippen LogP contribution in [0.2, 0.25) is 0 Å². The molecular formula is C52H91NO8P+. The summed E-state index contributed by atoms with van der Waals surface area (Å²) >= 11 is 0. The number of rotatable bonds is 43. The van der Waals surface area contributed by atoms with Gasteiger partial charge in [0.1, 0.15) is 19.8 Å². The molecule has 0 aliphatic carbocycles. The van der Waals surface area contributed by atoms with Gasteiger partial charge in [0, 0.05) is 12.8 Å². The van der Waals surface area contributed by atoms with Gasteiger partial charge in [-0.05, 0) is 64.2 Å². The second-order valence-electron chi connectivity index (χ2n) is 17.1. The lowest BCUT2D eigenvalue weighted by Crippen LogP contribution is -2.37. The molecule has 1 N–H and O–H groups in total. The number of esters is 2. The first-order valence-corrected chi connectivity index (χ1v) is 25.8. The highest BCUT2D eigenvalue weighted by atomic mass is 31.2. The molecule has 0 aromatic carbocycles. The van der Waals surface area contributed by atoms with E-state index in [1.54, 1.807) is 0 Å². The van der Waals surface area contributed by atoms with Crippen molar-refractivity contribution in [1.29, 1.82) is 0 Å². The standard InChI is InChI=1S/C52H90NO8P/c1-6-8-10-12-14-16-18-20-22-23-24-25-26-27-28-29-31-33-35-37-39-41-43-45-52(55)61-50(49-60-62(56,57)59-47-46-53(3,4)5)48-58-51(54)44-42-40-38-36-34-32-30-21-19-17-15-13-11-9-7-2/h8,10,14,16,20,22,24-25,27-28,31,33,37,39,50H,6-7,9,11-13,15,17-19,21,23,26,29-30,32,34-36,38,40-49H2,1-5H3/p+1/b10-8-,16-14-,22-20-,25-24-,28-27-,33-31-,39-37-. The quantitative estimate of drug-likeness (QED) is 0.0212. The van der Waals surface area contributed by atoms with Gasteiger partial charge in [0.25, 0.3) is 0 Å². The minimum Gasteiger partial charge on any atom is -0.462 e. The molecule has 0 aromatic heterocycles. The Morgan fingerprint density at radius 2 is 0.919 bits per heavy atom. The van der Waals surface area contributed by atoms with Crippen LogP contribution in [0.1, 0.15) is 181 Å². The van der Waals surface area contributed by atoms with Crippen LogP contribution in [0.15, 0.2) is 85.1 Å². The van der Waals surface area contributed by atoms with Crippen LogP contribution in [-0.4, -0.2) is 74.9 Å². The van der Waals surface area contributed by atoms with Crippen LogP contribution >= 0.6 is 7.82 Å². The molecule has 10 heteroatoms. The highest BCUT2D eigenvalue weighted by molar-refractivity contribution is 7.47. The molecule has 0 fully saturated rings. The average Bonchev–Trinajstić information content (AvgIpc) is 3.23. The number of carbonyl (C=O) groups excluding carboxylic acids is 2. The molecule has 9 nitrogen and oxygen atoms in total. The minimum absolute atomic E-state index is 0.0174. The predicted octanol–water partition coefficient (Wildman–Crippen LogP) is 14.4. The Hall–Kier alpha value is -2.81. The van der Waals surface area contributed by atoms with Gasteiger partial charge in [-0.1, -0.05) is 189 Å². The summed E-state index contributed by atoms with van der Waals surface area (Å²) in [5, 5.41) is 0. The number of hydrogen-bond acceptors (Lipinski definition) is 7. The van der Waals surface area contributed by atoms with Gasteiger partial charge in [-0.2, -0.15) is 0 Å². The van der Waals surface area contributed by atoms with Crippen molar-refractivity contribution in [2.24, 2.45) is 0 Å². The molecule has 0 saturated heterocycles. The fourth-order valence-electron chi connectivity index (χ4n) is 6.18. The largest absolute Gasteiger partial charge is 0.472 e. The molecule has 0 spiro atoms. The lowest BCUT2D eigenvalue weighted by atomic mass is 10.0. The van der Waals surface area contributed by atoms with Gasteiger partial charge in [0.15, 0.2) is 6.10 Å². The van der Waals surface area contributed by atoms with Crippen molar-refractivity contribution < 1.29 is 42.1 Å². The normalized spacial score (nSPS) is 14.2. The monoisotopic (exact) mass is 889 g/mol. The Morgan fingerprint density at radius 3 is 1.35 bits per heavy atom. The van der Waals surface area contributed by atoms with Crippen LogP contribution in [-0.2, 0) is 32.7 Å². The summed E-state index contributed by atoms with van der Waals surface area (Å²) in [5.74, 6) is -0.870. The maximum Gasteiger partial charge on any atom is 0.472 e. The highest BCUT2D eigenvalue weighted by Crippen LogP contribution is 2.43. The van der Waals surface area contributed by atoms with Crippen LogP contribution in [0, 0.1) is 0 Å². The van der Waals surface area contributed by atoms with E-state index in [4.69, 9.17) is 18.5 Å². The van der Waals surface area contributed by atoms with Gasteiger partial charge < -0.3 is 18.9 Å². The summed E-state index contributed by atoms with van der Waals surface area (Å²) in [4.78, 5) is 35.5. The first-order chi connectivity index (χ1) is 30.0. The summed E-state index contributed by atoms with van der Waals surface area (Å²) in [6.07, 6.45) is 56.4. The number of likely N-dealkylation sites (N-methyl/N-ethyl adjacent to an activating group) is 1. The summed E-state index contributed by atoms with van der Waals surface area (Å²) in [6.45, 7) is 4.24. The van der Waals surface area contributed by atoms with E-state index in [9.17, 15) is 19.0 Å². The third-order valence-electron chi connectivity index (χ3n) is 9.94. The Balaban J connectivity index is 4.42. The van der Waals surface area contributed by atoms with Crippen LogP contribution in [0.3, 0.4) is 0 Å². The van der Waals surface area contributed by atoms with Crippen LogP contribution in [0.5, 0.6) is 0 Å². The van der Waals surface area contributed by atoms with Crippen molar-refractivity contribution in [2.45, 2.75) is 187 Å². The number of phosphoric ester groups is 1. The second kappa shape index (κ2) is 43.4. The third kappa shape index (κ3) is 46.7. The van der Waals surface area contributed by atoms with Crippen molar-refractivity contribution in [2.75, 3.05) is 47.5 Å². The van der Waals surface area contributed by atoms with E-state index < -0.39 is 26.5 Å². The number of phosphoric acid groups is 1. The van der Waals surface area contributed by atoms with Crippen molar-refractivity contribution >= 4 is 19.8 Å². The summed E-state index contributed by atoms with van der Waals surface area (Å²) < 4.78 is 34.3. The molecule has 0 aromatic rings. The van der Waals surface area contributed by atoms with E-state index in [0.717, 1.165) is 64.2 Å². The third-order valence-corrected chi connectivity index (χ3v) is 10.9. The van der Waals surface area contributed by atoms with Crippen LogP contribution in [0.4, 0.5) is 0 Å². The van der Waals surface area contributed by atoms with Crippen molar-refractivity contribution in [3.63, 3.8) is 0 Å². The number of ether oxygens (including phenoxy) is 2. The van der Waals surface area contributed by atoms with E-state index in [0.29, 0.717) is 23.9 Å². The summed E-state index contributed by atoms with van der Waals surface area (Å²) in [7, 11) is 1.43. The molecule has 0 amide bonds. The van der Waals surface area contributed by atoms with Gasteiger partial charge in [-0.15, -0.1) is 0 Å². The van der Waals surface area contributed by atoms with Crippen molar-refractivity contribution in [3.05, 3.63) is 85.1 Å². The first-order valence-electron chi connectivity index (χ1n) is 24.3. The van der Waals surface area contributed by atoms with Crippen molar-refractivity contribution in [1.82, 2.24) is 0 Å². The zero-order valence-corrected chi connectivity index (χ0v) is 41.0. The molecule has 0 aliphatic heterocycles. The molecule has 2 atom stereocenters. The maximum atomic E-state index is 12.7. The predicted molar refractivity (Wildman–Crippen MR) is 261 cm³/mol. The van der Waals surface area contributed by atoms with E-state index in [2.05, 4.69) is 92.8 Å². The van der Waals surface area contributed by atoms with Crippen molar-refractivity contribution in [3.8, 4) is 0 Å². The topological polar surface area (TPSA) is 108 Å². The molecule has 2 unspecified atom stereocenters. The first kappa shape index (κ1) is 59.2. The molecule has 62 heavy (non-hydrogen) atoms. The number of nitrogens with zero attached hydrogens (tertiary/aromatic N) is 1. The Labute approximate surface area is 380 Å². The molecule has 0 heterocycles. The highest BCUT2D eigenvalue weighted by Gasteiger charge is 2.27. The summed E-state index contributed by atoms with van der Waals surface area (Å²) in [6, 6.07) is 0. The van der Waals surface area contributed by atoms with Gasteiger partial charge in [-0.3, -0.25) is 18.6 Å². The Morgan fingerprint density at radius 1 is 0.516 bits per heavy atom. The Bertz CT molecular complexity index is 1330. The SMILES string of the molecule is CC/C=C\C/C=C\C/C=C\C/C=C\C/C=C\C/C=C\C/C=C\CCCC(=O)OC(COC(=O)CCCCCCCCCCCCCCCCC)COP(=O)(O)OCC[N+](C)(C)C. The molecule has 0 bridgehead atoms. The second-order valence-corrected chi connectivity index (χ2v) is 18.6. The molecule has 0 aliphatic rings. The zero-order valence-electron chi connectivity index (χ0n) is 40.1. The molecular weight excluding hydrogens is 798 g/mol. The fraction of sp³-hybridized carbons (Fsp3) is 0.692. The lowest BCUT2D eigenvalue weighted by molar-refractivity contribution is -0.870. The Kier molecular flexibility index (Phi) is 41.5. The van der Waals surface area contributed by atoms with E-state index >= 15 is 0 Å². The minimum atomic E-state index is -4.40. The van der Waals surface area contributed by atoms with Crippen LogP contribution in [0.25, 0.3) is 0 Å². The maximum absolute atomic E-state index is 12.7. The summed E-state index contributed by atoms with van der Waals surface area (Å²) in [5.41, 5.74) is 0. The van der Waals surface area contributed by atoms with Gasteiger partial charge in [-0.25, -0.2) is 4.57 Å². The fourth-order valence-corrected chi connectivity index (χ4v) is 6.92. The number of unbranched alkanes of at least 4 members (excludes halogenated alkanes) is 15. The zero-order chi connectivity index (χ0) is 45.7. The smallest absolute Gasteiger partial charge is 0.462 e. The van der Waals surface area contributed by atoms with Crippen LogP contribution < -0.4 is 0 Å². The molecule has 0 rings (SSSR count). The molecule has 356 valence electrons. The number of hydrogen-bond donors (Lipinski definition) is 1. The van der Waals surface area contributed by atoms with E-state index in [1.165, 1.54) is 77.0 Å². The van der Waals surface area contributed by atoms with Gasteiger partial charge >= 0.3 is 19.8 Å². The lowest BCUT2D eigenvalue weighted by Gasteiger charge is -2.24. The average molecular weight is 889 g/mol. The van der Waals surface area contributed by atoms with E-state index in [-0.39, 0.29) is 32.0 Å². The number of carbonyl (C=O) groups is 2. The molecule has 0 saturated carbocycles. The number of allylic oxidation sites excluding steroid dienone is 14. The number of quaternary nitrogens is 1. The van der Waals surface area contributed by atoms with Gasteiger partial charge in [0.05, 0.1) is 27.7 Å². The van der Waals surface area contributed by atoms with E-state index in [1.807, 2.05) is 27.2 Å². The van der Waals surface area contributed by atoms with Gasteiger partial charge in [0.2, 0.25) is 0 Å². The molecule has 0 radical (unpaired) electrons.